The fraction of sp³-hybridized carbons (Fsp3) is 0.0625. The Morgan fingerprint density at radius 1 is 1.30 bits per heavy atom. The zero-order chi connectivity index (χ0) is 16.1. The maximum Gasteiger partial charge on any atom is 0.257 e. The Kier molecular flexibility index (Phi) is 4.85. The lowest BCUT2D eigenvalue weighted by Crippen LogP contribution is -2.23. The van der Waals surface area contributed by atoms with Gasteiger partial charge in [0.1, 0.15) is 11.3 Å². The maximum absolute atomic E-state index is 12.4. The van der Waals surface area contributed by atoms with E-state index in [2.05, 4.69) is 15.3 Å². The second kappa shape index (κ2) is 7.21. The van der Waals surface area contributed by atoms with Crippen LogP contribution in [0.1, 0.15) is 15.2 Å². The van der Waals surface area contributed by atoms with E-state index in [9.17, 15) is 4.79 Å². The maximum atomic E-state index is 12.4. The largest absolute Gasteiger partial charge is 0.437 e. The third kappa shape index (κ3) is 4.06. The van der Waals surface area contributed by atoms with Crippen LogP contribution in [0.15, 0.2) is 54.3 Å². The van der Waals surface area contributed by atoms with E-state index in [0.717, 1.165) is 4.88 Å². The molecule has 0 unspecified atom stereocenters. The molecule has 0 saturated heterocycles. The third-order valence-corrected chi connectivity index (χ3v) is 4.19. The van der Waals surface area contributed by atoms with E-state index in [4.69, 9.17) is 16.3 Å². The minimum Gasteiger partial charge on any atom is -0.437 e. The van der Waals surface area contributed by atoms with E-state index < -0.39 is 0 Å². The summed E-state index contributed by atoms with van der Waals surface area (Å²) < 4.78 is 5.63. The van der Waals surface area contributed by atoms with Gasteiger partial charge < -0.3 is 10.1 Å². The molecule has 0 fully saturated rings. The number of amides is 1. The number of hydrogen-bond donors (Lipinski definition) is 1. The minimum atomic E-state index is -0.262. The molecule has 3 heterocycles. The topological polar surface area (TPSA) is 64.1 Å². The number of halogens is 1. The van der Waals surface area contributed by atoms with Crippen molar-refractivity contribution in [1.29, 1.82) is 0 Å². The standard InChI is InChI=1S/C16H12ClN3O2S/c17-11-7-13(23-10-11)9-20-15(21)14-4-2-6-19-16(14)22-12-3-1-5-18-8-12/h1-8,10H,9H2,(H,20,21). The number of nitrogens with zero attached hydrogens (tertiary/aromatic N) is 2. The van der Waals surface area contributed by atoms with Crippen molar-refractivity contribution >= 4 is 28.8 Å². The molecule has 116 valence electrons. The van der Waals surface area contributed by atoms with E-state index in [-0.39, 0.29) is 11.8 Å². The van der Waals surface area contributed by atoms with E-state index in [1.54, 1.807) is 42.9 Å². The van der Waals surface area contributed by atoms with E-state index in [1.807, 2.05) is 11.4 Å². The van der Waals surface area contributed by atoms with Crippen molar-refractivity contribution in [3.8, 4) is 11.6 Å². The molecule has 1 N–H and O–H groups in total. The molecule has 0 aliphatic heterocycles. The average molecular weight is 346 g/mol. The summed E-state index contributed by atoms with van der Waals surface area (Å²) in [5.74, 6) is 0.494. The molecule has 1 amide bonds. The van der Waals surface area contributed by atoms with Gasteiger partial charge in [0.2, 0.25) is 5.88 Å². The SMILES string of the molecule is O=C(NCc1cc(Cl)cs1)c1cccnc1Oc1cccnc1. The Morgan fingerprint density at radius 2 is 2.17 bits per heavy atom. The van der Waals surface area contributed by atoms with Crippen molar-refractivity contribution in [3.05, 3.63) is 69.8 Å². The molecule has 0 saturated carbocycles. The summed E-state index contributed by atoms with van der Waals surface area (Å²) in [6.45, 7) is 0.400. The molecule has 0 aliphatic carbocycles. The Hall–Kier alpha value is -2.44. The molecule has 0 bridgehead atoms. The van der Waals surface area contributed by atoms with Crippen LogP contribution in [-0.2, 0) is 6.54 Å². The average Bonchev–Trinajstić information content (AvgIpc) is 3.00. The van der Waals surface area contributed by atoms with Gasteiger partial charge in [-0.2, -0.15) is 0 Å². The van der Waals surface area contributed by atoms with E-state index >= 15 is 0 Å². The predicted molar refractivity (Wildman–Crippen MR) is 89.0 cm³/mol. The van der Waals surface area contributed by atoms with Gasteiger partial charge in [0, 0.05) is 22.7 Å². The van der Waals surface area contributed by atoms with Gasteiger partial charge in [-0.1, -0.05) is 11.6 Å². The first-order valence-corrected chi connectivity index (χ1v) is 8.02. The van der Waals surface area contributed by atoms with Crippen molar-refractivity contribution in [2.45, 2.75) is 6.54 Å². The molecule has 0 aromatic carbocycles. The van der Waals surface area contributed by atoms with Crippen LogP contribution in [0, 0.1) is 0 Å². The zero-order valence-corrected chi connectivity index (χ0v) is 13.5. The summed E-state index contributed by atoms with van der Waals surface area (Å²) in [7, 11) is 0. The van der Waals surface area contributed by atoms with Crippen LogP contribution in [0.3, 0.4) is 0 Å². The van der Waals surface area contributed by atoms with E-state index in [1.165, 1.54) is 11.3 Å². The molecular weight excluding hydrogens is 334 g/mol. The quantitative estimate of drug-likeness (QED) is 0.761. The number of pyridine rings is 2. The number of ether oxygens (including phenoxy) is 1. The normalized spacial score (nSPS) is 10.3. The highest BCUT2D eigenvalue weighted by atomic mass is 35.5. The Balaban J connectivity index is 1.72. The number of thiophene rings is 1. The lowest BCUT2D eigenvalue weighted by Gasteiger charge is -2.09. The van der Waals surface area contributed by atoms with Crippen LogP contribution in [0.25, 0.3) is 0 Å². The number of carbonyl (C=O) groups excluding carboxylic acids is 1. The molecule has 0 radical (unpaired) electrons. The van der Waals surface area contributed by atoms with Crippen molar-refractivity contribution in [3.63, 3.8) is 0 Å². The molecule has 0 aliphatic rings. The van der Waals surface area contributed by atoms with Gasteiger partial charge in [-0.3, -0.25) is 9.78 Å². The van der Waals surface area contributed by atoms with Gasteiger partial charge in [0.25, 0.3) is 5.91 Å². The Bertz CT molecular complexity index is 808. The van der Waals surface area contributed by atoms with Crippen LogP contribution in [0.5, 0.6) is 11.6 Å². The second-order valence-electron chi connectivity index (χ2n) is 4.56. The smallest absolute Gasteiger partial charge is 0.257 e. The van der Waals surface area contributed by atoms with Crippen LogP contribution in [0.2, 0.25) is 5.02 Å². The fourth-order valence-electron chi connectivity index (χ4n) is 1.87. The second-order valence-corrected chi connectivity index (χ2v) is 5.99. The number of nitrogens with one attached hydrogen (secondary N) is 1. The summed E-state index contributed by atoms with van der Waals surface area (Å²) in [4.78, 5) is 21.4. The van der Waals surface area contributed by atoms with Crippen molar-refractivity contribution in [2.24, 2.45) is 0 Å². The molecule has 5 nitrogen and oxygen atoms in total. The number of rotatable bonds is 5. The summed E-state index contributed by atoms with van der Waals surface area (Å²) in [6, 6.07) is 8.67. The number of carbonyl (C=O) groups is 1. The number of aromatic nitrogens is 2. The molecule has 23 heavy (non-hydrogen) atoms. The molecule has 0 atom stereocenters. The lowest BCUT2D eigenvalue weighted by atomic mass is 10.2. The highest BCUT2D eigenvalue weighted by Crippen LogP contribution is 2.22. The number of hydrogen-bond acceptors (Lipinski definition) is 5. The van der Waals surface area contributed by atoms with Gasteiger partial charge in [-0.05, 0) is 30.3 Å². The van der Waals surface area contributed by atoms with Crippen LogP contribution in [0.4, 0.5) is 0 Å². The van der Waals surface area contributed by atoms with Gasteiger partial charge in [0.05, 0.1) is 17.8 Å². The van der Waals surface area contributed by atoms with E-state index in [0.29, 0.717) is 22.9 Å². The van der Waals surface area contributed by atoms with Gasteiger partial charge in [-0.15, -0.1) is 11.3 Å². The highest BCUT2D eigenvalue weighted by molar-refractivity contribution is 7.10. The molecular formula is C16H12ClN3O2S. The Morgan fingerprint density at radius 3 is 2.91 bits per heavy atom. The van der Waals surface area contributed by atoms with Crippen molar-refractivity contribution in [1.82, 2.24) is 15.3 Å². The zero-order valence-electron chi connectivity index (χ0n) is 11.9. The van der Waals surface area contributed by atoms with Crippen molar-refractivity contribution in [2.75, 3.05) is 0 Å². The monoisotopic (exact) mass is 345 g/mol. The summed E-state index contributed by atoms with van der Waals surface area (Å²) in [6.07, 6.45) is 4.77. The fourth-order valence-corrected chi connectivity index (χ4v) is 2.89. The molecule has 3 aromatic rings. The predicted octanol–water partition coefficient (Wildman–Crippen LogP) is 3.91. The van der Waals surface area contributed by atoms with Crippen molar-refractivity contribution < 1.29 is 9.53 Å². The molecule has 3 aromatic heterocycles. The van der Waals surface area contributed by atoms with Gasteiger partial charge >= 0.3 is 0 Å². The first-order chi connectivity index (χ1) is 11.2. The summed E-state index contributed by atoms with van der Waals surface area (Å²) in [5.41, 5.74) is 0.360. The van der Waals surface area contributed by atoms with Crippen LogP contribution >= 0.6 is 22.9 Å². The summed E-state index contributed by atoms with van der Waals surface area (Å²) in [5, 5.41) is 5.32. The Labute approximate surface area is 141 Å². The first-order valence-electron chi connectivity index (χ1n) is 6.76. The first kappa shape index (κ1) is 15.5. The van der Waals surface area contributed by atoms with Crippen LogP contribution in [-0.4, -0.2) is 15.9 Å². The molecule has 7 heteroatoms. The van der Waals surface area contributed by atoms with Crippen LogP contribution < -0.4 is 10.1 Å². The lowest BCUT2D eigenvalue weighted by molar-refractivity contribution is 0.0948. The minimum absolute atomic E-state index is 0.238. The highest BCUT2D eigenvalue weighted by Gasteiger charge is 2.14. The molecule has 3 rings (SSSR count). The van der Waals surface area contributed by atoms with Gasteiger partial charge in [0.15, 0.2) is 0 Å². The third-order valence-electron chi connectivity index (χ3n) is 2.91. The molecule has 0 spiro atoms. The summed E-state index contributed by atoms with van der Waals surface area (Å²) >= 11 is 7.36. The van der Waals surface area contributed by atoms with Gasteiger partial charge in [-0.25, -0.2) is 4.98 Å².